The Hall–Kier alpha value is -0.910. The molecule has 1 aromatic carbocycles. The van der Waals surface area contributed by atoms with Gasteiger partial charge in [0.15, 0.2) is 0 Å². The van der Waals surface area contributed by atoms with E-state index >= 15 is 0 Å². The first kappa shape index (κ1) is 15.0. The Kier molecular flexibility index (Phi) is 5.27. The van der Waals surface area contributed by atoms with Gasteiger partial charge in [-0.1, -0.05) is 12.1 Å². The molecule has 1 aliphatic heterocycles. The van der Waals surface area contributed by atoms with Gasteiger partial charge in [-0.25, -0.2) is 0 Å². The molecular formula is C16H24N2O2S. The van der Waals surface area contributed by atoms with E-state index < -0.39 is 10.8 Å². The average molecular weight is 308 g/mol. The molecule has 2 fully saturated rings. The molecule has 1 aromatic rings. The van der Waals surface area contributed by atoms with Gasteiger partial charge >= 0.3 is 0 Å². The molecule has 5 heteroatoms. The molecular weight excluding hydrogens is 284 g/mol. The van der Waals surface area contributed by atoms with Crippen molar-refractivity contribution < 1.29 is 8.95 Å². The molecule has 1 heterocycles. The molecule has 0 unspecified atom stereocenters. The number of ether oxygens (including phenoxy) is 1. The molecule has 116 valence electrons. The molecule has 0 aromatic heterocycles. The maximum absolute atomic E-state index is 11.3. The molecule has 1 saturated heterocycles. The summed E-state index contributed by atoms with van der Waals surface area (Å²) >= 11 is 0. The lowest BCUT2D eigenvalue weighted by molar-refractivity contribution is 0.221. The van der Waals surface area contributed by atoms with E-state index in [0.717, 1.165) is 49.5 Å². The summed E-state index contributed by atoms with van der Waals surface area (Å²) in [5, 5.41) is 3.52. The van der Waals surface area contributed by atoms with E-state index in [-0.39, 0.29) is 0 Å². The summed E-state index contributed by atoms with van der Waals surface area (Å²) in [6.45, 7) is 4.41. The van der Waals surface area contributed by atoms with E-state index in [0.29, 0.717) is 6.61 Å². The minimum Gasteiger partial charge on any atom is -0.492 e. The van der Waals surface area contributed by atoms with Crippen molar-refractivity contribution in [2.75, 3.05) is 37.7 Å². The van der Waals surface area contributed by atoms with Gasteiger partial charge in [-0.2, -0.15) is 0 Å². The van der Waals surface area contributed by atoms with Gasteiger partial charge in [0.2, 0.25) is 0 Å². The van der Waals surface area contributed by atoms with E-state index in [2.05, 4.69) is 28.4 Å². The first-order chi connectivity index (χ1) is 10.3. The molecule has 3 rings (SSSR count). The van der Waals surface area contributed by atoms with Crippen LogP contribution in [0.3, 0.4) is 0 Å². The lowest BCUT2D eigenvalue weighted by atomic mass is 10.2. The second-order valence-electron chi connectivity index (χ2n) is 5.84. The predicted molar refractivity (Wildman–Crippen MR) is 86.1 cm³/mol. The second kappa shape index (κ2) is 7.38. The minimum atomic E-state index is -0.596. The standard InChI is InChI=1S/C16H24N2O2S/c19-21-10-7-18(8-11-21)6-9-20-16-3-1-2-14(12-16)13-17-15-4-5-15/h1-3,12,15,17H,4-11,13H2. The fourth-order valence-electron chi connectivity index (χ4n) is 2.49. The van der Waals surface area contributed by atoms with Crippen molar-refractivity contribution in [1.29, 1.82) is 0 Å². The average Bonchev–Trinajstić information content (AvgIpc) is 3.32. The Morgan fingerprint density at radius 1 is 1.29 bits per heavy atom. The molecule has 1 aliphatic carbocycles. The highest BCUT2D eigenvalue weighted by Gasteiger charge is 2.20. The van der Waals surface area contributed by atoms with E-state index in [9.17, 15) is 4.21 Å². The van der Waals surface area contributed by atoms with Crippen molar-refractivity contribution in [2.24, 2.45) is 0 Å². The lowest BCUT2D eigenvalue weighted by Crippen LogP contribution is -2.39. The summed E-state index contributed by atoms with van der Waals surface area (Å²) in [5.41, 5.74) is 1.28. The van der Waals surface area contributed by atoms with Crippen molar-refractivity contribution in [1.82, 2.24) is 10.2 Å². The van der Waals surface area contributed by atoms with Gasteiger partial charge in [0.05, 0.1) is 0 Å². The molecule has 0 bridgehead atoms. The van der Waals surface area contributed by atoms with Crippen LogP contribution >= 0.6 is 0 Å². The van der Waals surface area contributed by atoms with Gasteiger partial charge in [0, 0.05) is 54.5 Å². The number of benzene rings is 1. The largest absolute Gasteiger partial charge is 0.492 e. The second-order valence-corrected chi connectivity index (χ2v) is 7.54. The summed E-state index contributed by atoms with van der Waals surface area (Å²) in [4.78, 5) is 2.33. The number of nitrogens with zero attached hydrogens (tertiary/aromatic N) is 1. The summed E-state index contributed by atoms with van der Waals surface area (Å²) in [7, 11) is -0.596. The van der Waals surface area contributed by atoms with Crippen LogP contribution in [0.5, 0.6) is 5.75 Å². The Morgan fingerprint density at radius 2 is 2.10 bits per heavy atom. The van der Waals surface area contributed by atoms with Gasteiger partial charge in [-0.05, 0) is 30.5 Å². The first-order valence-electron chi connectivity index (χ1n) is 7.82. The Balaban J connectivity index is 1.39. The number of hydrogen-bond donors (Lipinski definition) is 1. The number of nitrogens with one attached hydrogen (secondary N) is 1. The van der Waals surface area contributed by atoms with Crippen LogP contribution in [0.2, 0.25) is 0 Å². The van der Waals surface area contributed by atoms with Crippen LogP contribution in [0.4, 0.5) is 0 Å². The van der Waals surface area contributed by atoms with E-state index in [1.165, 1.54) is 18.4 Å². The van der Waals surface area contributed by atoms with Crippen LogP contribution in [0.25, 0.3) is 0 Å². The third-order valence-electron chi connectivity index (χ3n) is 4.02. The lowest BCUT2D eigenvalue weighted by Gasteiger charge is -2.25. The topological polar surface area (TPSA) is 41.6 Å². The minimum absolute atomic E-state index is 0.596. The molecule has 4 nitrogen and oxygen atoms in total. The molecule has 1 saturated carbocycles. The Morgan fingerprint density at radius 3 is 2.86 bits per heavy atom. The molecule has 21 heavy (non-hydrogen) atoms. The summed E-state index contributed by atoms with van der Waals surface area (Å²) in [5.74, 6) is 2.57. The maximum atomic E-state index is 11.3. The fourth-order valence-corrected chi connectivity index (χ4v) is 3.61. The zero-order chi connectivity index (χ0) is 14.5. The van der Waals surface area contributed by atoms with E-state index in [1.54, 1.807) is 0 Å². The highest BCUT2D eigenvalue weighted by Crippen LogP contribution is 2.20. The van der Waals surface area contributed by atoms with Gasteiger partial charge < -0.3 is 10.1 Å². The summed E-state index contributed by atoms with van der Waals surface area (Å²) in [6, 6.07) is 9.08. The first-order valence-corrected chi connectivity index (χ1v) is 9.31. The molecule has 0 spiro atoms. The molecule has 0 radical (unpaired) electrons. The predicted octanol–water partition coefficient (Wildman–Crippen LogP) is 1.38. The third-order valence-corrected chi connectivity index (χ3v) is 5.29. The third kappa shape index (κ3) is 5.09. The molecule has 0 atom stereocenters. The van der Waals surface area contributed by atoms with E-state index in [1.807, 2.05) is 6.07 Å². The zero-order valence-corrected chi connectivity index (χ0v) is 13.2. The quantitative estimate of drug-likeness (QED) is 0.826. The molecule has 0 amide bonds. The molecule has 2 aliphatic rings. The monoisotopic (exact) mass is 308 g/mol. The van der Waals surface area contributed by atoms with E-state index in [4.69, 9.17) is 4.74 Å². The Bertz CT molecular complexity index is 481. The van der Waals surface area contributed by atoms with Crippen molar-refractivity contribution in [2.45, 2.75) is 25.4 Å². The fraction of sp³-hybridized carbons (Fsp3) is 0.625. The maximum Gasteiger partial charge on any atom is 0.119 e. The van der Waals surface area contributed by atoms with Gasteiger partial charge in [0.25, 0.3) is 0 Å². The van der Waals surface area contributed by atoms with Crippen LogP contribution in [0.1, 0.15) is 18.4 Å². The smallest absolute Gasteiger partial charge is 0.119 e. The van der Waals surface area contributed by atoms with Gasteiger partial charge in [-0.15, -0.1) is 0 Å². The van der Waals surface area contributed by atoms with Crippen LogP contribution in [-0.2, 0) is 17.3 Å². The van der Waals surface area contributed by atoms with Crippen molar-refractivity contribution in [3.8, 4) is 5.75 Å². The highest BCUT2D eigenvalue weighted by molar-refractivity contribution is 7.85. The Labute approximate surface area is 129 Å². The SMILES string of the molecule is O=S1CCN(CCOc2cccc(CNC3CC3)c2)CC1. The molecule has 1 N–H and O–H groups in total. The summed E-state index contributed by atoms with van der Waals surface area (Å²) < 4.78 is 17.2. The number of rotatable bonds is 7. The van der Waals surface area contributed by atoms with Gasteiger partial charge in [-0.3, -0.25) is 9.11 Å². The summed E-state index contributed by atoms with van der Waals surface area (Å²) in [6.07, 6.45) is 2.63. The van der Waals surface area contributed by atoms with Crippen LogP contribution in [-0.4, -0.2) is 52.9 Å². The van der Waals surface area contributed by atoms with Crippen LogP contribution in [0.15, 0.2) is 24.3 Å². The van der Waals surface area contributed by atoms with Crippen LogP contribution < -0.4 is 10.1 Å². The van der Waals surface area contributed by atoms with Crippen molar-refractivity contribution >= 4 is 10.8 Å². The highest BCUT2D eigenvalue weighted by atomic mass is 32.2. The zero-order valence-electron chi connectivity index (χ0n) is 12.4. The normalized spacial score (nSPS) is 20.6. The number of hydrogen-bond acceptors (Lipinski definition) is 4. The van der Waals surface area contributed by atoms with Gasteiger partial charge in [0.1, 0.15) is 12.4 Å². The van der Waals surface area contributed by atoms with Crippen LogP contribution in [0, 0.1) is 0 Å². The van der Waals surface area contributed by atoms with Crippen molar-refractivity contribution in [3.05, 3.63) is 29.8 Å². The van der Waals surface area contributed by atoms with Crippen molar-refractivity contribution in [3.63, 3.8) is 0 Å².